The molecule has 1 N–H and O–H groups in total. The molecule has 202 valence electrons. The first kappa shape index (κ1) is 25.2. The van der Waals surface area contributed by atoms with Crippen molar-refractivity contribution in [1.82, 2.24) is 35.0 Å². The lowest BCUT2D eigenvalue weighted by molar-refractivity contribution is 0.0500. The smallest absolute Gasteiger partial charge is 0.407 e. The fourth-order valence-electron chi connectivity index (χ4n) is 5.12. The fraction of sp³-hybridized carbons (Fsp3) is 0.448. The molecule has 1 aliphatic carbocycles. The molecule has 1 saturated carbocycles. The van der Waals surface area contributed by atoms with Crippen LogP contribution in [0, 0.1) is 6.92 Å². The first-order valence-electron chi connectivity index (χ1n) is 13.6. The Kier molecular flexibility index (Phi) is 6.40. The van der Waals surface area contributed by atoms with Gasteiger partial charge in [-0.15, -0.1) is 0 Å². The van der Waals surface area contributed by atoms with E-state index in [4.69, 9.17) is 9.72 Å². The number of rotatable bonds is 5. The van der Waals surface area contributed by atoms with Gasteiger partial charge in [0.15, 0.2) is 5.82 Å². The second kappa shape index (κ2) is 9.91. The van der Waals surface area contributed by atoms with Crippen LogP contribution in [0.3, 0.4) is 0 Å². The molecule has 4 aromatic rings. The van der Waals surface area contributed by atoms with Crippen molar-refractivity contribution in [3.8, 4) is 17.2 Å². The number of pyridine rings is 2. The van der Waals surface area contributed by atoms with E-state index >= 15 is 0 Å². The van der Waals surface area contributed by atoms with Crippen LogP contribution >= 0.6 is 0 Å². The summed E-state index contributed by atoms with van der Waals surface area (Å²) in [6.45, 7) is 9.13. The molecule has 10 heteroatoms. The van der Waals surface area contributed by atoms with Crippen LogP contribution in [0.25, 0.3) is 28.1 Å². The number of alkyl carbamates (subject to hydrolysis) is 1. The molecule has 1 aliphatic heterocycles. The van der Waals surface area contributed by atoms with Gasteiger partial charge in [0.25, 0.3) is 0 Å². The first-order chi connectivity index (χ1) is 18.7. The van der Waals surface area contributed by atoms with Crippen molar-refractivity contribution in [2.45, 2.75) is 70.9 Å². The molecule has 1 atom stereocenters. The third-order valence-corrected chi connectivity index (χ3v) is 7.04. The molecule has 0 aromatic carbocycles. The Balaban J connectivity index is 1.31. The molecule has 5 heterocycles. The van der Waals surface area contributed by atoms with E-state index < -0.39 is 5.60 Å². The topological polar surface area (TPSA) is 111 Å². The van der Waals surface area contributed by atoms with Gasteiger partial charge in [-0.25, -0.2) is 19.4 Å². The van der Waals surface area contributed by atoms with Gasteiger partial charge in [0.2, 0.25) is 0 Å². The number of hydrogen-bond acceptors (Lipinski definition) is 8. The minimum Gasteiger partial charge on any atom is -0.444 e. The molecule has 4 aromatic heterocycles. The van der Waals surface area contributed by atoms with Crippen molar-refractivity contribution in [3.05, 3.63) is 54.2 Å². The summed E-state index contributed by atoms with van der Waals surface area (Å²) in [6.07, 6.45) is 10.9. The van der Waals surface area contributed by atoms with Gasteiger partial charge in [-0.05, 0) is 77.0 Å². The van der Waals surface area contributed by atoms with E-state index in [1.165, 1.54) is 18.4 Å². The number of aryl methyl sites for hydroxylation is 1. The summed E-state index contributed by atoms with van der Waals surface area (Å²) in [4.78, 5) is 33.4. The number of nitrogens with zero attached hydrogens (tertiary/aromatic N) is 7. The first-order valence-corrected chi connectivity index (χ1v) is 13.6. The van der Waals surface area contributed by atoms with Crippen molar-refractivity contribution in [2.75, 3.05) is 18.0 Å². The number of nitrogens with one attached hydrogen (secondary N) is 1. The molecule has 0 bridgehead atoms. The lowest BCUT2D eigenvalue weighted by Gasteiger charge is -2.35. The van der Waals surface area contributed by atoms with Gasteiger partial charge in [-0.3, -0.25) is 9.97 Å². The third kappa shape index (κ3) is 5.55. The SMILES string of the molecule is Cc1cncc(-c2cc3c(cn2)cnn3-c2ccc(C3CC3)c(N3CCC[C@H](NC(=O)OC(C)(C)C)C3)n2)n1. The van der Waals surface area contributed by atoms with Gasteiger partial charge in [0, 0.05) is 36.9 Å². The number of anilines is 1. The molecular weight excluding hydrogens is 492 g/mol. The third-order valence-electron chi connectivity index (χ3n) is 7.04. The Morgan fingerprint density at radius 3 is 2.67 bits per heavy atom. The highest BCUT2D eigenvalue weighted by molar-refractivity contribution is 5.82. The van der Waals surface area contributed by atoms with Crippen LogP contribution in [0.2, 0.25) is 0 Å². The molecule has 0 radical (unpaired) electrons. The number of carbonyl (C=O) groups is 1. The number of aromatic nitrogens is 6. The monoisotopic (exact) mass is 526 g/mol. The summed E-state index contributed by atoms with van der Waals surface area (Å²) < 4.78 is 7.37. The zero-order chi connectivity index (χ0) is 27.1. The molecule has 2 aliphatic rings. The summed E-state index contributed by atoms with van der Waals surface area (Å²) in [5, 5.41) is 8.66. The van der Waals surface area contributed by atoms with Gasteiger partial charge in [0.1, 0.15) is 17.1 Å². The van der Waals surface area contributed by atoms with E-state index in [0.717, 1.165) is 59.0 Å². The molecule has 0 spiro atoms. The van der Waals surface area contributed by atoms with Crippen molar-refractivity contribution in [2.24, 2.45) is 0 Å². The fourth-order valence-corrected chi connectivity index (χ4v) is 5.12. The highest BCUT2D eigenvalue weighted by Crippen LogP contribution is 2.44. The second-order valence-electron chi connectivity index (χ2n) is 11.5. The van der Waals surface area contributed by atoms with Crippen LogP contribution in [0.5, 0.6) is 0 Å². The summed E-state index contributed by atoms with van der Waals surface area (Å²) >= 11 is 0. The zero-order valence-corrected chi connectivity index (χ0v) is 22.9. The molecule has 2 fully saturated rings. The average Bonchev–Trinajstić information content (AvgIpc) is 3.66. The van der Waals surface area contributed by atoms with Gasteiger partial charge in [0.05, 0.1) is 29.3 Å². The summed E-state index contributed by atoms with van der Waals surface area (Å²) in [5.41, 5.74) is 3.95. The predicted octanol–water partition coefficient (Wildman–Crippen LogP) is 4.95. The van der Waals surface area contributed by atoms with Crippen LogP contribution in [0.15, 0.2) is 43.0 Å². The van der Waals surface area contributed by atoms with Crippen molar-refractivity contribution in [1.29, 1.82) is 0 Å². The van der Waals surface area contributed by atoms with E-state index in [1.54, 1.807) is 12.4 Å². The summed E-state index contributed by atoms with van der Waals surface area (Å²) in [5.74, 6) is 2.26. The summed E-state index contributed by atoms with van der Waals surface area (Å²) in [6, 6.07) is 6.24. The lowest BCUT2D eigenvalue weighted by atomic mass is 10.0. The number of carbonyl (C=O) groups excluding carboxylic acids is 1. The minimum absolute atomic E-state index is 0.000661. The molecule has 0 unspecified atom stereocenters. The van der Waals surface area contributed by atoms with E-state index in [-0.39, 0.29) is 12.1 Å². The van der Waals surface area contributed by atoms with Crippen LogP contribution in [-0.4, -0.2) is 60.5 Å². The Hall–Kier alpha value is -4.08. The normalized spacial score (nSPS) is 17.8. The Morgan fingerprint density at radius 2 is 1.90 bits per heavy atom. The average molecular weight is 527 g/mol. The van der Waals surface area contributed by atoms with Crippen LogP contribution in [0.1, 0.15) is 63.6 Å². The highest BCUT2D eigenvalue weighted by atomic mass is 16.6. The van der Waals surface area contributed by atoms with Crippen LogP contribution in [0.4, 0.5) is 10.6 Å². The maximum atomic E-state index is 12.4. The Morgan fingerprint density at radius 1 is 1.05 bits per heavy atom. The van der Waals surface area contributed by atoms with Crippen molar-refractivity contribution < 1.29 is 9.53 Å². The van der Waals surface area contributed by atoms with Gasteiger partial charge in [-0.1, -0.05) is 6.07 Å². The Labute approximate surface area is 227 Å². The Bertz CT molecular complexity index is 1520. The largest absolute Gasteiger partial charge is 0.444 e. The van der Waals surface area contributed by atoms with Gasteiger partial charge in [-0.2, -0.15) is 5.10 Å². The molecule has 1 amide bonds. The van der Waals surface area contributed by atoms with Crippen LogP contribution in [-0.2, 0) is 4.74 Å². The molecular formula is C29H34N8O2. The van der Waals surface area contributed by atoms with E-state index in [1.807, 2.05) is 50.8 Å². The number of piperidine rings is 1. The number of ether oxygens (including phenoxy) is 1. The molecule has 1 saturated heterocycles. The quantitative estimate of drug-likeness (QED) is 0.389. The predicted molar refractivity (Wildman–Crippen MR) is 149 cm³/mol. The van der Waals surface area contributed by atoms with Gasteiger partial charge < -0.3 is 15.0 Å². The molecule has 39 heavy (non-hydrogen) atoms. The maximum Gasteiger partial charge on any atom is 0.407 e. The molecule has 10 nitrogen and oxygen atoms in total. The van der Waals surface area contributed by atoms with Crippen molar-refractivity contribution >= 4 is 22.8 Å². The lowest BCUT2D eigenvalue weighted by Crippen LogP contribution is -2.49. The minimum atomic E-state index is -0.526. The second-order valence-corrected chi connectivity index (χ2v) is 11.5. The van der Waals surface area contributed by atoms with E-state index in [2.05, 4.69) is 42.4 Å². The van der Waals surface area contributed by atoms with E-state index in [0.29, 0.717) is 12.5 Å². The van der Waals surface area contributed by atoms with Crippen molar-refractivity contribution in [3.63, 3.8) is 0 Å². The van der Waals surface area contributed by atoms with Gasteiger partial charge >= 0.3 is 6.09 Å². The maximum absolute atomic E-state index is 12.4. The highest BCUT2D eigenvalue weighted by Gasteiger charge is 2.32. The van der Waals surface area contributed by atoms with Crippen LogP contribution < -0.4 is 10.2 Å². The molecule has 6 rings (SSSR count). The van der Waals surface area contributed by atoms with E-state index in [9.17, 15) is 4.79 Å². The number of fused-ring (bicyclic) bond motifs is 1. The number of amides is 1. The summed E-state index contributed by atoms with van der Waals surface area (Å²) in [7, 11) is 0. The number of hydrogen-bond donors (Lipinski definition) is 1. The standard InChI is InChI=1S/C29H34N8O2/c1-18-13-30-16-24(33-18)23-12-25-20(14-31-23)15-32-37(25)26-10-9-22(19-7-8-19)27(35-26)36-11-5-6-21(17-36)34-28(38)39-29(2,3)4/h9-10,12-16,19,21H,5-8,11,17H2,1-4H3,(H,34,38)/t21-/m0/s1. The zero-order valence-electron chi connectivity index (χ0n) is 22.9.